The Morgan fingerprint density at radius 2 is 1.46 bits per heavy atom. The topological polar surface area (TPSA) is 33.3 Å². The van der Waals surface area contributed by atoms with Gasteiger partial charge in [0.05, 0.1) is 13.2 Å². The van der Waals surface area contributed by atoms with Crippen molar-refractivity contribution in [3.8, 4) is 0 Å². The molecule has 2 N–H and O–H groups in total. The molecule has 0 spiro atoms. The summed E-state index contributed by atoms with van der Waals surface area (Å²) >= 11 is 5.42. The minimum Gasteiger partial charge on any atom is -0.372 e. The van der Waals surface area contributed by atoms with Crippen LogP contribution in [0.1, 0.15) is 48.8 Å². The molecule has 0 atom stereocenters. The van der Waals surface area contributed by atoms with Gasteiger partial charge in [-0.15, -0.1) is 0 Å². The molecule has 138 valence electrons. The lowest BCUT2D eigenvalue weighted by molar-refractivity contribution is 0.107. The number of hydrogen-bond donors (Lipinski definition) is 2. The lowest BCUT2D eigenvalue weighted by Gasteiger charge is -2.24. The summed E-state index contributed by atoms with van der Waals surface area (Å²) in [5, 5.41) is 7.53. The van der Waals surface area contributed by atoms with E-state index in [1.807, 2.05) is 18.2 Å². The Labute approximate surface area is 162 Å². The number of benzene rings is 2. The predicted molar refractivity (Wildman–Crippen MR) is 111 cm³/mol. The van der Waals surface area contributed by atoms with Crippen LogP contribution in [-0.4, -0.2) is 11.2 Å². The van der Waals surface area contributed by atoms with Gasteiger partial charge in [0, 0.05) is 12.6 Å². The second-order valence-electron chi connectivity index (χ2n) is 6.96. The summed E-state index contributed by atoms with van der Waals surface area (Å²) < 4.78 is 5.78. The standard InChI is InChI=1S/C22H28N2OS/c26-22(24-21-9-5-2-6-10-21)23-15-18-11-13-20(14-12-18)17-25-16-19-7-3-1-4-8-19/h1,3-4,7-8,11-14,21H,2,5-6,9-10,15-17H2,(H2,23,24,26). The highest BCUT2D eigenvalue weighted by Crippen LogP contribution is 2.17. The second-order valence-corrected chi connectivity index (χ2v) is 7.37. The van der Waals surface area contributed by atoms with E-state index >= 15 is 0 Å². The van der Waals surface area contributed by atoms with Crippen molar-refractivity contribution in [2.75, 3.05) is 0 Å². The molecule has 1 aliphatic rings. The number of nitrogens with one attached hydrogen (secondary N) is 2. The maximum atomic E-state index is 5.78. The molecule has 0 heterocycles. The highest BCUT2D eigenvalue weighted by atomic mass is 32.1. The van der Waals surface area contributed by atoms with Gasteiger partial charge in [0.15, 0.2) is 5.11 Å². The van der Waals surface area contributed by atoms with Gasteiger partial charge in [0.25, 0.3) is 0 Å². The molecule has 0 amide bonds. The van der Waals surface area contributed by atoms with Gasteiger partial charge >= 0.3 is 0 Å². The maximum absolute atomic E-state index is 5.78. The molecule has 4 heteroatoms. The van der Waals surface area contributed by atoms with Crippen molar-refractivity contribution in [2.45, 2.75) is 57.9 Å². The first-order valence-corrected chi connectivity index (χ1v) is 9.94. The second kappa shape index (κ2) is 10.3. The summed E-state index contributed by atoms with van der Waals surface area (Å²) in [6.07, 6.45) is 6.46. The van der Waals surface area contributed by atoms with Gasteiger partial charge in [-0.3, -0.25) is 0 Å². The first-order valence-electron chi connectivity index (χ1n) is 9.53. The first-order chi connectivity index (χ1) is 12.8. The van der Waals surface area contributed by atoms with E-state index in [2.05, 4.69) is 47.0 Å². The van der Waals surface area contributed by atoms with Crippen molar-refractivity contribution in [3.05, 3.63) is 71.3 Å². The number of rotatable bonds is 7. The molecule has 0 unspecified atom stereocenters. The van der Waals surface area contributed by atoms with E-state index < -0.39 is 0 Å². The highest BCUT2D eigenvalue weighted by molar-refractivity contribution is 7.80. The molecule has 3 rings (SSSR count). The Morgan fingerprint density at radius 3 is 2.15 bits per heavy atom. The van der Waals surface area contributed by atoms with Crippen LogP contribution in [0.4, 0.5) is 0 Å². The zero-order chi connectivity index (χ0) is 18.0. The van der Waals surface area contributed by atoms with Gasteiger partial charge in [0.1, 0.15) is 0 Å². The van der Waals surface area contributed by atoms with E-state index in [9.17, 15) is 0 Å². The van der Waals surface area contributed by atoms with Crippen molar-refractivity contribution in [1.82, 2.24) is 10.6 Å². The van der Waals surface area contributed by atoms with E-state index in [0.717, 1.165) is 11.7 Å². The molecule has 3 nitrogen and oxygen atoms in total. The Bertz CT molecular complexity index is 666. The average Bonchev–Trinajstić information content (AvgIpc) is 2.69. The minimum atomic E-state index is 0.549. The molecule has 0 bridgehead atoms. The van der Waals surface area contributed by atoms with Crippen molar-refractivity contribution >= 4 is 17.3 Å². The van der Waals surface area contributed by atoms with Crippen molar-refractivity contribution < 1.29 is 4.74 Å². The smallest absolute Gasteiger partial charge is 0.166 e. The van der Waals surface area contributed by atoms with E-state index in [4.69, 9.17) is 17.0 Å². The summed E-state index contributed by atoms with van der Waals surface area (Å²) in [7, 11) is 0. The molecule has 1 saturated carbocycles. The fourth-order valence-electron chi connectivity index (χ4n) is 3.28. The van der Waals surface area contributed by atoms with E-state index in [1.165, 1.54) is 48.8 Å². The van der Waals surface area contributed by atoms with Crippen molar-refractivity contribution in [2.24, 2.45) is 0 Å². The van der Waals surface area contributed by atoms with Gasteiger partial charge in [-0.05, 0) is 41.7 Å². The minimum absolute atomic E-state index is 0.549. The summed E-state index contributed by atoms with van der Waals surface area (Å²) in [6, 6.07) is 19.3. The fraction of sp³-hybridized carbons (Fsp3) is 0.409. The SMILES string of the molecule is S=C(NCc1ccc(COCc2ccccc2)cc1)NC1CCCCC1. The van der Waals surface area contributed by atoms with Gasteiger partial charge in [0.2, 0.25) is 0 Å². The molecule has 1 fully saturated rings. The van der Waals surface area contributed by atoms with Crippen LogP contribution >= 0.6 is 12.2 Å². The molecule has 1 aliphatic carbocycles. The van der Waals surface area contributed by atoms with Crippen LogP contribution in [0.2, 0.25) is 0 Å². The van der Waals surface area contributed by atoms with Gasteiger partial charge in [-0.2, -0.15) is 0 Å². The third-order valence-corrected chi connectivity index (χ3v) is 5.06. The highest BCUT2D eigenvalue weighted by Gasteiger charge is 2.13. The van der Waals surface area contributed by atoms with Crippen LogP contribution in [0.25, 0.3) is 0 Å². The van der Waals surface area contributed by atoms with E-state index in [0.29, 0.717) is 19.3 Å². The lowest BCUT2D eigenvalue weighted by Crippen LogP contribution is -2.42. The Hall–Kier alpha value is -1.91. The summed E-state index contributed by atoms with van der Waals surface area (Å²) in [5.41, 5.74) is 3.62. The molecule has 26 heavy (non-hydrogen) atoms. The van der Waals surface area contributed by atoms with Crippen LogP contribution in [0, 0.1) is 0 Å². The average molecular weight is 369 g/mol. The van der Waals surface area contributed by atoms with E-state index in [-0.39, 0.29) is 0 Å². The van der Waals surface area contributed by atoms with Gasteiger partial charge in [-0.25, -0.2) is 0 Å². The molecule has 0 radical (unpaired) electrons. The molecule has 0 aromatic heterocycles. The summed E-state index contributed by atoms with van der Waals surface area (Å²) in [4.78, 5) is 0. The van der Waals surface area contributed by atoms with E-state index in [1.54, 1.807) is 0 Å². The lowest BCUT2D eigenvalue weighted by atomic mass is 9.96. The monoisotopic (exact) mass is 368 g/mol. The Morgan fingerprint density at radius 1 is 0.846 bits per heavy atom. The summed E-state index contributed by atoms with van der Waals surface area (Å²) in [6.45, 7) is 2.03. The van der Waals surface area contributed by atoms with Gasteiger partial charge < -0.3 is 15.4 Å². The zero-order valence-electron chi connectivity index (χ0n) is 15.2. The van der Waals surface area contributed by atoms with Crippen LogP contribution in [0.15, 0.2) is 54.6 Å². The van der Waals surface area contributed by atoms with Crippen molar-refractivity contribution in [1.29, 1.82) is 0 Å². The van der Waals surface area contributed by atoms with Crippen LogP contribution in [0.5, 0.6) is 0 Å². The Kier molecular flexibility index (Phi) is 7.47. The Balaban J connectivity index is 1.36. The van der Waals surface area contributed by atoms with Crippen LogP contribution in [0.3, 0.4) is 0 Å². The first kappa shape index (κ1) is 18.9. The number of thiocarbonyl (C=S) groups is 1. The maximum Gasteiger partial charge on any atom is 0.166 e. The molecule has 0 aliphatic heterocycles. The predicted octanol–water partition coefficient (Wildman–Crippen LogP) is 4.70. The third-order valence-electron chi connectivity index (χ3n) is 4.80. The quantitative estimate of drug-likeness (QED) is 0.694. The number of hydrogen-bond acceptors (Lipinski definition) is 2. The number of ether oxygens (including phenoxy) is 1. The largest absolute Gasteiger partial charge is 0.372 e. The van der Waals surface area contributed by atoms with Crippen LogP contribution < -0.4 is 10.6 Å². The van der Waals surface area contributed by atoms with Gasteiger partial charge in [-0.1, -0.05) is 73.9 Å². The normalized spacial score (nSPS) is 14.8. The zero-order valence-corrected chi connectivity index (χ0v) is 16.1. The molecular formula is C22H28N2OS. The molecule has 2 aromatic carbocycles. The van der Waals surface area contributed by atoms with Crippen molar-refractivity contribution in [3.63, 3.8) is 0 Å². The molecule has 2 aromatic rings. The van der Waals surface area contributed by atoms with Crippen LogP contribution in [-0.2, 0) is 24.5 Å². The molecular weight excluding hydrogens is 340 g/mol. The summed E-state index contributed by atoms with van der Waals surface area (Å²) in [5.74, 6) is 0. The molecule has 0 saturated heterocycles. The fourth-order valence-corrected chi connectivity index (χ4v) is 3.52. The third kappa shape index (κ3) is 6.43.